The van der Waals surface area contributed by atoms with E-state index in [9.17, 15) is 8.78 Å². The lowest BCUT2D eigenvalue weighted by Crippen LogP contribution is -2.20. The van der Waals surface area contributed by atoms with Crippen molar-refractivity contribution in [1.82, 2.24) is 5.32 Å². The van der Waals surface area contributed by atoms with E-state index in [1.54, 1.807) is 6.07 Å². The minimum atomic E-state index is -2.79. The van der Waals surface area contributed by atoms with Crippen LogP contribution < -0.4 is 10.1 Å². The van der Waals surface area contributed by atoms with Gasteiger partial charge in [0.2, 0.25) is 0 Å². The van der Waals surface area contributed by atoms with Crippen molar-refractivity contribution in [3.05, 3.63) is 28.2 Å². The largest absolute Gasteiger partial charge is 0.496 e. The average molecular weight is 320 g/mol. The van der Waals surface area contributed by atoms with Gasteiger partial charge in [-0.3, -0.25) is 0 Å². The third-order valence-electron chi connectivity index (χ3n) is 3.28. The predicted molar refractivity (Wildman–Crippen MR) is 70.2 cm³/mol. The van der Waals surface area contributed by atoms with E-state index in [1.807, 2.05) is 0 Å². The maximum Gasteiger partial charge on any atom is 0.273 e. The minimum Gasteiger partial charge on any atom is -0.496 e. The maximum atomic E-state index is 14.1. The molecule has 0 spiro atoms. The summed E-state index contributed by atoms with van der Waals surface area (Å²) < 4.78 is 33.9. The van der Waals surface area contributed by atoms with Gasteiger partial charge < -0.3 is 10.1 Å². The Morgan fingerprint density at radius 1 is 1.50 bits per heavy atom. The van der Waals surface area contributed by atoms with Gasteiger partial charge in [0, 0.05) is 12.0 Å². The summed E-state index contributed by atoms with van der Waals surface area (Å²) in [5.41, 5.74) is 0.0436. The molecule has 1 saturated heterocycles. The lowest BCUT2D eigenvalue weighted by atomic mass is 9.95. The van der Waals surface area contributed by atoms with Crippen LogP contribution in [0.3, 0.4) is 0 Å². The van der Waals surface area contributed by atoms with Crippen LogP contribution in [0.15, 0.2) is 22.7 Å². The fourth-order valence-electron chi connectivity index (χ4n) is 2.26. The fraction of sp³-hybridized carbons (Fsp3) is 0.538. The number of hydrogen-bond acceptors (Lipinski definition) is 2. The molecule has 0 saturated carbocycles. The topological polar surface area (TPSA) is 21.3 Å². The van der Waals surface area contributed by atoms with Crippen LogP contribution in [-0.4, -0.2) is 20.2 Å². The first-order valence-electron chi connectivity index (χ1n) is 5.95. The zero-order valence-electron chi connectivity index (χ0n) is 10.2. The van der Waals surface area contributed by atoms with Crippen molar-refractivity contribution in [2.45, 2.75) is 18.8 Å². The molecule has 1 N–H and O–H groups in total. The second-order valence-electron chi connectivity index (χ2n) is 4.62. The van der Waals surface area contributed by atoms with Gasteiger partial charge in [0.05, 0.1) is 11.6 Å². The molecule has 0 radical (unpaired) electrons. The van der Waals surface area contributed by atoms with Crippen LogP contribution in [0, 0.1) is 5.92 Å². The van der Waals surface area contributed by atoms with Crippen LogP contribution in [0.5, 0.6) is 5.75 Å². The van der Waals surface area contributed by atoms with E-state index < -0.39 is 5.92 Å². The molecule has 100 valence electrons. The highest BCUT2D eigenvalue weighted by Crippen LogP contribution is 2.39. The van der Waals surface area contributed by atoms with Gasteiger partial charge in [0.25, 0.3) is 5.92 Å². The van der Waals surface area contributed by atoms with Crippen molar-refractivity contribution in [3.8, 4) is 5.75 Å². The van der Waals surface area contributed by atoms with E-state index >= 15 is 0 Å². The van der Waals surface area contributed by atoms with Gasteiger partial charge in [-0.15, -0.1) is 0 Å². The maximum absolute atomic E-state index is 14.1. The Labute approximate surface area is 114 Å². The standard InChI is InChI=1S/C13H16BrF2NO/c1-18-12-3-2-10(6-11(12)14)13(15,16)7-9-4-5-17-8-9/h2-3,6,9,17H,4-5,7-8H2,1H3. The number of halogens is 3. The van der Waals surface area contributed by atoms with Crippen molar-refractivity contribution in [2.24, 2.45) is 5.92 Å². The van der Waals surface area contributed by atoms with Crippen LogP contribution >= 0.6 is 15.9 Å². The molecule has 0 aromatic heterocycles. The van der Waals surface area contributed by atoms with Crippen LogP contribution in [-0.2, 0) is 5.92 Å². The molecule has 2 rings (SSSR count). The molecule has 18 heavy (non-hydrogen) atoms. The van der Waals surface area contributed by atoms with Crippen molar-refractivity contribution in [1.29, 1.82) is 0 Å². The van der Waals surface area contributed by atoms with Gasteiger partial charge in [0.15, 0.2) is 0 Å². The van der Waals surface area contributed by atoms with Crippen molar-refractivity contribution in [2.75, 3.05) is 20.2 Å². The smallest absolute Gasteiger partial charge is 0.273 e. The summed E-state index contributed by atoms with van der Waals surface area (Å²) in [5.74, 6) is -2.16. The highest BCUT2D eigenvalue weighted by molar-refractivity contribution is 9.10. The zero-order valence-corrected chi connectivity index (χ0v) is 11.8. The van der Waals surface area contributed by atoms with Crippen LogP contribution in [0.4, 0.5) is 8.78 Å². The van der Waals surface area contributed by atoms with E-state index in [2.05, 4.69) is 21.2 Å². The second kappa shape index (κ2) is 5.53. The van der Waals surface area contributed by atoms with E-state index in [1.165, 1.54) is 19.2 Å². The summed E-state index contributed by atoms with van der Waals surface area (Å²) >= 11 is 3.24. The summed E-state index contributed by atoms with van der Waals surface area (Å²) in [6.07, 6.45) is 0.728. The Morgan fingerprint density at radius 3 is 2.83 bits per heavy atom. The third-order valence-corrected chi connectivity index (χ3v) is 3.90. The van der Waals surface area contributed by atoms with Crippen molar-refractivity contribution >= 4 is 15.9 Å². The number of methoxy groups -OCH3 is 1. The Morgan fingerprint density at radius 2 is 2.28 bits per heavy atom. The lowest BCUT2D eigenvalue weighted by Gasteiger charge is -2.20. The number of benzene rings is 1. The minimum absolute atomic E-state index is 0.0436. The first kappa shape index (κ1) is 13.7. The molecule has 1 aromatic carbocycles. The molecule has 1 atom stereocenters. The molecule has 1 fully saturated rings. The molecular weight excluding hydrogens is 304 g/mol. The molecule has 5 heteroatoms. The van der Waals surface area contributed by atoms with Gasteiger partial charge in [-0.2, -0.15) is 0 Å². The molecule has 0 bridgehead atoms. The monoisotopic (exact) mass is 319 g/mol. The van der Waals surface area contributed by atoms with Gasteiger partial charge >= 0.3 is 0 Å². The number of hydrogen-bond donors (Lipinski definition) is 1. The Balaban J connectivity index is 2.15. The van der Waals surface area contributed by atoms with E-state index in [0.717, 1.165) is 13.0 Å². The molecule has 1 aliphatic heterocycles. The van der Waals surface area contributed by atoms with Crippen LogP contribution in [0.25, 0.3) is 0 Å². The summed E-state index contributed by atoms with van der Waals surface area (Å²) in [6, 6.07) is 4.45. The number of alkyl halides is 2. The van der Waals surface area contributed by atoms with Crippen LogP contribution in [0.2, 0.25) is 0 Å². The number of rotatable bonds is 4. The summed E-state index contributed by atoms with van der Waals surface area (Å²) in [4.78, 5) is 0. The molecule has 1 unspecified atom stereocenters. The summed E-state index contributed by atoms with van der Waals surface area (Å²) in [6.45, 7) is 1.53. The highest BCUT2D eigenvalue weighted by atomic mass is 79.9. The van der Waals surface area contributed by atoms with E-state index in [-0.39, 0.29) is 17.9 Å². The van der Waals surface area contributed by atoms with Crippen LogP contribution in [0.1, 0.15) is 18.4 Å². The zero-order chi connectivity index (χ0) is 13.2. The normalized spacial score (nSPS) is 20.1. The highest BCUT2D eigenvalue weighted by Gasteiger charge is 2.36. The van der Waals surface area contributed by atoms with Crippen molar-refractivity contribution in [3.63, 3.8) is 0 Å². The second-order valence-corrected chi connectivity index (χ2v) is 5.47. The molecule has 1 heterocycles. The fourth-order valence-corrected chi connectivity index (χ4v) is 2.80. The SMILES string of the molecule is COc1ccc(C(F)(F)CC2CCNC2)cc1Br. The van der Waals surface area contributed by atoms with Crippen molar-refractivity contribution < 1.29 is 13.5 Å². The number of ether oxygens (including phenoxy) is 1. The van der Waals surface area contributed by atoms with Gasteiger partial charge in [0.1, 0.15) is 5.75 Å². The summed E-state index contributed by atoms with van der Waals surface area (Å²) in [7, 11) is 1.52. The molecule has 0 amide bonds. The molecule has 1 aromatic rings. The Kier molecular flexibility index (Phi) is 4.22. The lowest BCUT2D eigenvalue weighted by molar-refractivity contribution is -0.0269. The molecule has 0 aliphatic carbocycles. The van der Waals surface area contributed by atoms with Gasteiger partial charge in [-0.25, -0.2) is 8.78 Å². The first-order valence-corrected chi connectivity index (χ1v) is 6.75. The first-order chi connectivity index (χ1) is 8.53. The average Bonchev–Trinajstić information content (AvgIpc) is 2.81. The Hall–Kier alpha value is -0.680. The molecule has 2 nitrogen and oxygen atoms in total. The molecule has 1 aliphatic rings. The summed E-state index contributed by atoms with van der Waals surface area (Å²) in [5, 5.41) is 3.11. The number of nitrogens with one attached hydrogen (secondary N) is 1. The third kappa shape index (κ3) is 3.01. The van der Waals surface area contributed by atoms with Gasteiger partial charge in [-0.1, -0.05) is 0 Å². The Bertz CT molecular complexity index is 419. The van der Waals surface area contributed by atoms with E-state index in [4.69, 9.17) is 4.74 Å². The predicted octanol–water partition coefficient (Wildman–Crippen LogP) is 3.55. The molecular formula is C13H16BrF2NO. The quantitative estimate of drug-likeness (QED) is 0.916. The van der Waals surface area contributed by atoms with Gasteiger partial charge in [-0.05, 0) is 59.6 Å². The van der Waals surface area contributed by atoms with E-state index in [0.29, 0.717) is 16.8 Å².